The van der Waals surface area contributed by atoms with Crippen molar-refractivity contribution in [3.63, 3.8) is 0 Å². The van der Waals surface area contributed by atoms with Crippen LogP contribution in [0.4, 0.5) is 0 Å². The number of aromatic nitrogens is 2. The van der Waals surface area contributed by atoms with Crippen LogP contribution in [-0.4, -0.2) is 16.0 Å². The lowest BCUT2D eigenvalue weighted by molar-refractivity contribution is -0.123. The van der Waals surface area contributed by atoms with Crippen molar-refractivity contribution in [2.45, 2.75) is 31.2 Å². The fourth-order valence-electron chi connectivity index (χ4n) is 1.59. The third kappa shape index (κ3) is 1.20. The van der Waals surface area contributed by atoms with Crippen LogP contribution in [0.1, 0.15) is 31.5 Å². The molecule has 1 heterocycles. The number of carbonyl (C=O) groups excluding carboxylic acids is 1. The number of amides is 1. The van der Waals surface area contributed by atoms with Crippen LogP contribution in [0.15, 0.2) is 10.9 Å². The summed E-state index contributed by atoms with van der Waals surface area (Å²) in [7, 11) is 0. The minimum atomic E-state index is -0.299. The molecule has 1 amide bonds. The number of hydrogen-bond acceptors (Lipinski definition) is 4. The van der Waals surface area contributed by atoms with Gasteiger partial charge < -0.3 is 9.84 Å². The Bertz CT molecular complexity index is 352. The Morgan fingerprint density at radius 2 is 2.36 bits per heavy atom. The number of nitrogens with zero attached hydrogens (tertiary/aromatic N) is 2. The van der Waals surface area contributed by atoms with Gasteiger partial charge in [-0.15, -0.1) is 0 Å². The summed E-state index contributed by atoms with van der Waals surface area (Å²) in [5, 5.41) is 6.79. The van der Waals surface area contributed by atoms with Gasteiger partial charge in [0.25, 0.3) is 0 Å². The van der Waals surface area contributed by atoms with Gasteiger partial charge in [0.1, 0.15) is 5.54 Å². The molecule has 5 heteroatoms. The molecule has 1 N–H and O–H groups in total. The van der Waals surface area contributed by atoms with Gasteiger partial charge in [-0.3, -0.25) is 4.79 Å². The first-order valence-corrected chi connectivity index (χ1v) is 4.89. The summed E-state index contributed by atoms with van der Waals surface area (Å²) < 4.78 is 4.69. The Morgan fingerprint density at radius 1 is 1.57 bits per heavy atom. The lowest BCUT2D eigenvalue weighted by Crippen LogP contribution is -2.36. The highest BCUT2D eigenvalue weighted by atomic mass is 16.5. The zero-order valence-electron chi connectivity index (χ0n) is 7.69. The number of nitrogens with one attached hydrogen (secondary N) is 1. The maximum absolute atomic E-state index is 11.6. The van der Waals surface area contributed by atoms with Gasteiger partial charge >= 0.3 is 0 Å². The molecule has 14 heavy (non-hydrogen) atoms. The summed E-state index contributed by atoms with van der Waals surface area (Å²) in [5.41, 5.74) is -0.299. The maximum Gasteiger partial charge on any atom is 0.223 e. The smallest absolute Gasteiger partial charge is 0.223 e. The molecule has 3 rings (SSSR count). The third-order valence-electron chi connectivity index (χ3n) is 2.85. The molecule has 2 aliphatic carbocycles. The average Bonchev–Trinajstić information content (AvgIpc) is 3.08. The molecule has 0 atom stereocenters. The Balaban J connectivity index is 1.74. The van der Waals surface area contributed by atoms with E-state index in [1.165, 1.54) is 6.39 Å². The fraction of sp³-hybridized carbons (Fsp3) is 0.667. The molecule has 5 nitrogen and oxygen atoms in total. The van der Waals surface area contributed by atoms with E-state index in [2.05, 4.69) is 20.0 Å². The molecular weight excluding hydrogens is 182 g/mol. The van der Waals surface area contributed by atoms with Crippen LogP contribution in [0, 0.1) is 5.92 Å². The van der Waals surface area contributed by atoms with Gasteiger partial charge in [0.05, 0.1) is 0 Å². The second kappa shape index (κ2) is 2.56. The van der Waals surface area contributed by atoms with Crippen molar-refractivity contribution in [2.75, 3.05) is 0 Å². The Labute approximate surface area is 80.9 Å². The van der Waals surface area contributed by atoms with Crippen molar-refractivity contribution in [3.8, 4) is 0 Å². The molecular formula is C9H11N3O2. The molecule has 1 aromatic heterocycles. The normalized spacial score (nSPS) is 23.1. The van der Waals surface area contributed by atoms with Crippen molar-refractivity contribution in [1.82, 2.24) is 15.5 Å². The summed E-state index contributed by atoms with van der Waals surface area (Å²) in [6, 6.07) is 0. The fourth-order valence-corrected chi connectivity index (χ4v) is 1.59. The van der Waals surface area contributed by atoms with E-state index in [0.717, 1.165) is 25.7 Å². The monoisotopic (exact) mass is 193 g/mol. The third-order valence-corrected chi connectivity index (χ3v) is 2.85. The minimum absolute atomic E-state index is 0.146. The molecule has 0 aliphatic heterocycles. The summed E-state index contributed by atoms with van der Waals surface area (Å²) in [6.07, 6.45) is 5.19. The Hall–Kier alpha value is -1.39. The van der Waals surface area contributed by atoms with Crippen molar-refractivity contribution < 1.29 is 9.32 Å². The largest absolute Gasteiger partial charge is 0.343 e. The summed E-state index contributed by atoms with van der Waals surface area (Å²) in [4.78, 5) is 15.5. The van der Waals surface area contributed by atoms with Gasteiger partial charge in [0, 0.05) is 5.92 Å². The van der Waals surface area contributed by atoms with Gasteiger partial charge in [-0.1, -0.05) is 5.16 Å². The van der Waals surface area contributed by atoms with Crippen LogP contribution >= 0.6 is 0 Å². The van der Waals surface area contributed by atoms with Crippen LogP contribution in [0.3, 0.4) is 0 Å². The van der Waals surface area contributed by atoms with Crippen molar-refractivity contribution in [1.29, 1.82) is 0 Å². The van der Waals surface area contributed by atoms with Crippen LogP contribution < -0.4 is 5.32 Å². The molecule has 0 saturated heterocycles. The lowest BCUT2D eigenvalue weighted by Gasteiger charge is -2.12. The van der Waals surface area contributed by atoms with Gasteiger partial charge in [0.15, 0.2) is 5.82 Å². The Morgan fingerprint density at radius 3 is 2.86 bits per heavy atom. The van der Waals surface area contributed by atoms with Crippen LogP contribution in [0.5, 0.6) is 0 Å². The van der Waals surface area contributed by atoms with E-state index in [-0.39, 0.29) is 17.4 Å². The minimum Gasteiger partial charge on any atom is -0.343 e. The summed E-state index contributed by atoms with van der Waals surface area (Å²) in [5.74, 6) is 0.998. The molecule has 0 bridgehead atoms. The quantitative estimate of drug-likeness (QED) is 0.762. The molecule has 0 unspecified atom stereocenters. The van der Waals surface area contributed by atoms with Gasteiger partial charge in [-0.2, -0.15) is 4.98 Å². The molecule has 0 aromatic carbocycles. The lowest BCUT2D eigenvalue weighted by atomic mass is 10.2. The first-order chi connectivity index (χ1) is 6.80. The van der Waals surface area contributed by atoms with Gasteiger partial charge in [0.2, 0.25) is 12.3 Å². The standard InChI is InChI=1S/C9H11N3O2/c13-7(6-1-2-6)11-9(3-4-9)8-10-5-14-12-8/h5-6H,1-4H2,(H,11,13). The van der Waals surface area contributed by atoms with Crippen LogP contribution in [0.25, 0.3) is 0 Å². The van der Waals surface area contributed by atoms with E-state index in [1.54, 1.807) is 0 Å². The Kier molecular flexibility index (Phi) is 1.45. The van der Waals surface area contributed by atoms with E-state index in [9.17, 15) is 4.79 Å². The molecule has 1 aromatic rings. The highest BCUT2D eigenvalue weighted by Gasteiger charge is 2.50. The van der Waals surface area contributed by atoms with Crippen LogP contribution in [-0.2, 0) is 10.3 Å². The zero-order chi connectivity index (χ0) is 9.60. The molecule has 0 spiro atoms. The van der Waals surface area contributed by atoms with E-state index >= 15 is 0 Å². The summed E-state index contributed by atoms with van der Waals surface area (Å²) in [6.45, 7) is 0. The molecule has 74 valence electrons. The molecule has 2 fully saturated rings. The van der Waals surface area contributed by atoms with E-state index < -0.39 is 0 Å². The van der Waals surface area contributed by atoms with E-state index in [1.807, 2.05) is 0 Å². The molecule has 0 radical (unpaired) electrons. The highest BCUT2D eigenvalue weighted by Crippen LogP contribution is 2.44. The first-order valence-electron chi connectivity index (χ1n) is 4.89. The number of carbonyl (C=O) groups is 1. The van der Waals surface area contributed by atoms with Crippen molar-refractivity contribution in [3.05, 3.63) is 12.2 Å². The maximum atomic E-state index is 11.6. The van der Waals surface area contributed by atoms with Crippen LogP contribution in [0.2, 0.25) is 0 Å². The van der Waals surface area contributed by atoms with E-state index in [0.29, 0.717) is 5.82 Å². The van der Waals surface area contributed by atoms with Gasteiger partial charge in [-0.25, -0.2) is 0 Å². The average molecular weight is 193 g/mol. The molecule has 2 aliphatic rings. The topological polar surface area (TPSA) is 68.0 Å². The SMILES string of the molecule is O=C(NC1(c2ncon2)CC1)C1CC1. The summed E-state index contributed by atoms with van der Waals surface area (Å²) >= 11 is 0. The first kappa shape index (κ1) is 7.96. The van der Waals surface area contributed by atoms with Gasteiger partial charge in [-0.05, 0) is 25.7 Å². The zero-order valence-corrected chi connectivity index (χ0v) is 7.69. The highest BCUT2D eigenvalue weighted by molar-refractivity contribution is 5.82. The second-order valence-corrected chi connectivity index (χ2v) is 4.10. The molecule has 2 saturated carbocycles. The number of hydrogen-bond donors (Lipinski definition) is 1. The van der Waals surface area contributed by atoms with Crippen molar-refractivity contribution >= 4 is 5.91 Å². The number of rotatable bonds is 3. The predicted octanol–water partition coefficient (Wildman–Crippen LogP) is 0.585. The van der Waals surface area contributed by atoms with Crippen molar-refractivity contribution in [2.24, 2.45) is 5.92 Å². The van der Waals surface area contributed by atoms with E-state index in [4.69, 9.17) is 0 Å². The second-order valence-electron chi connectivity index (χ2n) is 4.10. The predicted molar refractivity (Wildman–Crippen MR) is 46.1 cm³/mol.